The molecule has 5 nitrogen and oxygen atoms in total. The van der Waals surface area contributed by atoms with Crippen molar-refractivity contribution in [3.05, 3.63) is 29.6 Å². The van der Waals surface area contributed by atoms with Crippen molar-refractivity contribution >= 4 is 11.6 Å². The van der Waals surface area contributed by atoms with Crippen LogP contribution in [0.3, 0.4) is 0 Å². The van der Waals surface area contributed by atoms with E-state index in [9.17, 15) is 4.79 Å². The Bertz CT molecular complexity index is 761. The average molecular weight is 324 g/mol. The molecule has 0 atom stereocenters. The fourth-order valence-corrected chi connectivity index (χ4v) is 3.50. The topological polar surface area (TPSA) is 59.8 Å². The summed E-state index contributed by atoms with van der Waals surface area (Å²) in [5, 5.41) is 11.9. The molecule has 0 bridgehead atoms. The number of nitrogens with one attached hydrogen (secondary N) is 1. The highest BCUT2D eigenvalue weighted by Gasteiger charge is 2.25. The van der Waals surface area contributed by atoms with Crippen LogP contribution in [0.25, 0.3) is 11.4 Å². The first kappa shape index (κ1) is 15.4. The average Bonchev–Trinajstić information content (AvgIpc) is 2.76. The lowest BCUT2D eigenvalue weighted by atomic mass is 9.85. The van der Waals surface area contributed by atoms with Gasteiger partial charge in [-0.15, -0.1) is 10.2 Å². The lowest BCUT2D eigenvalue weighted by Crippen LogP contribution is -2.28. The largest absolute Gasteiger partial charge is 0.326 e. The molecule has 5 heteroatoms. The van der Waals surface area contributed by atoms with Crippen molar-refractivity contribution in [1.29, 1.82) is 0 Å². The van der Waals surface area contributed by atoms with Crippen molar-refractivity contribution in [3.8, 4) is 11.4 Å². The predicted octanol–water partition coefficient (Wildman–Crippen LogP) is 3.72. The molecule has 1 aliphatic carbocycles. The molecule has 1 aliphatic heterocycles. The molecule has 0 saturated heterocycles. The van der Waals surface area contributed by atoms with Gasteiger partial charge >= 0.3 is 0 Å². The van der Waals surface area contributed by atoms with Crippen LogP contribution >= 0.6 is 0 Å². The molecule has 0 unspecified atom stereocenters. The summed E-state index contributed by atoms with van der Waals surface area (Å²) in [6.45, 7) is 3.01. The van der Waals surface area contributed by atoms with Crippen LogP contribution in [0, 0.1) is 12.8 Å². The summed E-state index contributed by atoms with van der Waals surface area (Å²) in [4.78, 5) is 12.3. The van der Waals surface area contributed by atoms with Gasteiger partial charge < -0.3 is 9.88 Å². The molecule has 1 saturated carbocycles. The van der Waals surface area contributed by atoms with Gasteiger partial charge in [0.15, 0.2) is 5.82 Å². The van der Waals surface area contributed by atoms with E-state index in [4.69, 9.17) is 0 Å². The number of nitrogens with zero attached hydrogens (tertiary/aromatic N) is 3. The lowest BCUT2D eigenvalue weighted by molar-refractivity contribution is -0.122. The van der Waals surface area contributed by atoms with Crippen LogP contribution in [0.5, 0.6) is 0 Å². The van der Waals surface area contributed by atoms with E-state index in [1.54, 1.807) is 0 Å². The van der Waals surface area contributed by atoms with E-state index in [1.807, 2.05) is 13.0 Å². The van der Waals surface area contributed by atoms with Crippen molar-refractivity contribution < 1.29 is 4.79 Å². The first-order valence-electron chi connectivity index (χ1n) is 9.06. The SMILES string of the molecule is Cc1ccc(-c2nnc3n2CCCCC3)cc1NC(=O)C1CCC1. The maximum absolute atomic E-state index is 12.3. The van der Waals surface area contributed by atoms with Gasteiger partial charge in [0.1, 0.15) is 5.82 Å². The molecule has 1 aromatic carbocycles. The van der Waals surface area contributed by atoms with Crippen molar-refractivity contribution in [3.63, 3.8) is 0 Å². The lowest BCUT2D eigenvalue weighted by Gasteiger charge is -2.24. The molecule has 4 rings (SSSR count). The van der Waals surface area contributed by atoms with Gasteiger partial charge in [-0.05, 0) is 44.2 Å². The number of hydrogen-bond donors (Lipinski definition) is 1. The van der Waals surface area contributed by atoms with Crippen LogP contribution in [-0.2, 0) is 17.8 Å². The van der Waals surface area contributed by atoms with Gasteiger partial charge in [0.25, 0.3) is 0 Å². The predicted molar refractivity (Wildman–Crippen MR) is 93.7 cm³/mol. The Labute approximate surface area is 142 Å². The molecule has 1 fully saturated rings. The van der Waals surface area contributed by atoms with E-state index in [0.29, 0.717) is 0 Å². The number of fused-ring (bicyclic) bond motifs is 1. The van der Waals surface area contributed by atoms with Gasteiger partial charge in [-0.2, -0.15) is 0 Å². The molecule has 2 aliphatic rings. The Balaban J connectivity index is 1.63. The van der Waals surface area contributed by atoms with Crippen LogP contribution in [0.15, 0.2) is 18.2 Å². The van der Waals surface area contributed by atoms with Crippen LogP contribution in [0.2, 0.25) is 0 Å². The summed E-state index contributed by atoms with van der Waals surface area (Å²) in [6.07, 6.45) is 7.82. The number of rotatable bonds is 3. The van der Waals surface area contributed by atoms with Crippen molar-refractivity contribution in [2.24, 2.45) is 5.92 Å². The summed E-state index contributed by atoms with van der Waals surface area (Å²) in [6, 6.07) is 6.19. The fraction of sp³-hybridized carbons (Fsp3) is 0.526. The maximum atomic E-state index is 12.3. The van der Waals surface area contributed by atoms with E-state index < -0.39 is 0 Å². The minimum Gasteiger partial charge on any atom is -0.326 e. The quantitative estimate of drug-likeness (QED) is 0.936. The minimum atomic E-state index is 0.154. The Kier molecular flexibility index (Phi) is 4.08. The van der Waals surface area contributed by atoms with Crippen molar-refractivity contribution in [2.45, 2.75) is 58.4 Å². The number of anilines is 1. The molecule has 126 valence electrons. The van der Waals surface area contributed by atoms with Gasteiger partial charge in [-0.3, -0.25) is 4.79 Å². The highest BCUT2D eigenvalue weighted by atomic mass is 16.1. The Morgan fingerprint density at radius 3 is 2.83 bits per heavy atom. The van der Waals surface area contributed by atoms with Gasteiger partial charge in [0, 0.05) is 30.1 Å². The van der Waals surface area contributed by atoms with Crippen LogP contribution < -0.4 is 5.32 Å². The first-order valence-corrected chi connectivity index (χ1v) is 9.06. The van der Waals surface area contributed by atoms with E-state index in [0.717, 1.165) is 54.3 Å². The number of carbonyl (C=O) groups excluding carboxylic acids is 1. The second kappa shape index (κ2) is 6.38. The Morgan fingerprint density at radius 1 is 1.17 bits per heavy atom. The van der Waals surface area contributed by atoms with Crippen molar-refractivity contribution in [1.82, 2.24) is 14.8 Å². The molecule has 0 radical (unpaired) electrons. The second-order valence-corrected chi connectivity index (χ2v) is 7.05. The van der Waals surface area contributed by atoms with E-state index in [2.05, 4.69) is 32.2 Å². The molecule has 24 heavy (non-hydrogen) atoms. The third kappa shape index (κ3) is 2.83. The van der Waals surface area contributed by atoms with E-state index in [1.165, 1.54) is 25.7 Å². The Morgan fingerprint density at radius 2 is 2.04 bits per heavy atom. The summed E-state index contributed by atoms with van der Waals surface area (Å²) in [5.74, 6) is 2.35. The number of benzene rings is 1. The summed E-state index contributed by atoms with van der Waals surface area (Å²) in [7, 11) is 0. The zero-order valence-corrected chi connectivity index (χ0v) is 14.2. The highest BCUT2D eigenvalue weighted by Crippen LogP contribution is 2.30. The van der Waals surface area contributed by atoms with Crippen LogP contribution in [0.1, 0.15) is 49.9 Å². The molecular weight excluding hydrogens is 300 g/mol. The fourth-order valence-electron chi connectivity index (χ4n) is 3.50. The monoisotopic (exact) mass is 324 g/mol. The summed E-state index contributed by atoms with van der Waals surface area (Å²) in [5.41, 5.74) is 3.02. The number of carbonyl (C=O) groups is 1. The second-order valence-electron chi connectivity index (χ2n) is 7.05. The first-order chi connectivity index (χ1) is 11.7. The highest BCUT2D eigenvalue weighted by molar-refractivity contribution is 5.94. The van der Waals surface area contributed by atoms with Gasteiger partial charge in [-0.25, -0.2) is 0 Å². The molecule has 2 aromatic rings. The molecule has 2 heterocycles. The zero-order chi connectivity index (χ0) is 16.5. The smallest absolute Gasteiger partial charge is 0.227 e. The van der Waals surface area contributed by atoms with Gasteiger partial charge in [0.05, 0.1) is 0 Å². The molecule has 1 aromatic heterocycles. The zero-order valence-electron chi connectivity index (χ0n) is 14.2. The molecule has 0 spiro atoms. The molecule has 1 N–H and O–H groups in total. The number of aromatic nitrogens is 3. The van der Waals surface area contributed by atoms with Crippen LogP contribution in [0.4, 0.5) is 5.69 Å². The summed E-state index contributed by atoms with van der Waals surface area (Å²) < 4.78 is 2.25. The van der Waals surface area contributed by atoms with Gasteiger partial charge in [0.2, 0.25) is 5.91 Å². The van der Waals surface area contributed by atoms with E-state index >= 15 is 0 Å². The summed E-state index contributed by atoms with van der Waals surface area (Å²) >= 11 is 0. The minimum absolute atomic E-state index is 0.154. The Hall–Kier alpha value is -2.17. The van der Waals surface area contributed by atoms with Crippen molar-refractivity contribution in [2.75, 3.05) is 5.32 Å². The van der Waals surface area contributed by atoms with E-state index in [-0.39, 0.29) is 11.8 Å². The molecular formula is C19H24N4O. The maximum Gasteiger partial charge on any atom is 0.227 e. The molecule has 1 amide bonds. The van der Waals surface area contributed by atoms with Gasteiger partial charge in [-0.1, -0.05) is 25.0 Å². The third-order valence-electron chi connectivity index (χ3n) is 5.34. The van der Waals surface area contributed by atoms with Crippen LogP contribution in [-0.4, -0.2) is 20.7 Å². The number of aryl methyl sites for hydroxylation is 2. The normalized spacial score (nSPS) is 17.7. The number of hydrogen-bond acceptors (Lipinski definition) is 3. The third-order valence-corrected chi connectivity index (χ3v) is 5.34. The standard InChI is InChI=1S/C19H24N4O/c1-13-9-10-15(12-16(13)20-19(24)14-6-5-7-14)18-22-21-17-8-3-2-4-11-23(17)18/h9-10,12,14H,2-8,11H2,1H3,(H,20,24). The number of amides is 1.